The third kappa shape index (κ3) is 5.93. The van der Waals surface area contributed by atoms with Gasteiger partial charge in [-0.1, -0.05) is 36.4 Å². The average molecular weight is 251 g/mol. The van der Waals surface area contributed by atoms with E-state index in [4.69, 9.17) is 0 Å². The highest BCUT2D eigenvalue weighted by atomic mass is 16.5. The van der Waals surface area contributed by atoms with Crippen LogP contribution in [0.4, 0.5) is 0 Å². The molecule has 4 nitrogen and oxygen atoms in total. The molecule has 2 atom stereocenters. The molecule has 0 saturated carbocycles. The minimum atomic E-state index is -0.659. The Balaban J connectivity index is 2.27. The van der Waals surface area contributed by atoms with Crippen molar-refractivity contribution in [3.05, 3.63) is 48.6 Å². The molecule has 0 aliphatic heterocycles. The fraction of sp³-hybridized carbons (Fsp3) is 0.429. The predicted octanol–water partition coefficient (Wildman–Crippen LogP) is 1.57. The van der Waals surface area contributed by atoms with Crippen molar-refractivity contribution in [1.82, 2.24) is 5.06 Å². The zero-order valence-electron chi connectivity index (χ0n) is 10.4. The third-order valence-corrected chi connectivity index (χ3v) is 2.70. The number of hydrogen-bond acceptors (Lipinski definition) is 4. The fourth-order valence-electron chi connectivity index (χ4n) is 1.67. The first kappa shape index (κ1) is 14.9. The van der Waals surface area contributed by atoms with Gasteiger partial charge in [0, 0.05) is 6.54 Å². The van der Waals surface area contributed by atoms with Gasteiger partial charge < -0.3 is 15.4 Å². The Hall–Kier alpha value is -1.20. The van der Waals surface area contributed by atoms with Crippen LogP contribution in [0.5, 0.6) is 0 Å². The van der Waals surface area contributed by atoms with Gasteiger partial charge in [0.1, 0.15) is 0 Å². The molecule has 0 saturated heterocycles. The van der Waals surface area contributed by atoms with Crippen LogP contribution in [0.2, 0.25) is 0 Å². The molecular weight excluding hydrogens is 230 g/mol. The van der Waals surface area contributed by atoms with Crippen molar-refractivity contribution < 1.29 is 15.4 Å². The van der Waals surface area contributed by atoms with Crippen LogP contribution in [0.25, 0.3) is 0 Å². The smallest absolute Gasteiger partial charge is 0.0719 e. The maximum atomic E-state index is 9.69. The molecule has 1 aromatic rings. The van der Waals surface area contributed by atoms with Gasteiger partial charge in [-0.15, -0.1) is 6.58 Å². The lowest BCUT2D eigenvalue weighted by atomic mass is 10.1. The highest BCUT2D eigenvalue weighted by molar-refractivity contribution is 5.14. The van der Waals surface area contributed by atoms with Gasteiger partial charge >= 0.3 is 0 Å². The first-order valence-corrected chi connectivity index (χ1v) is 6.08. The molecule has 4 heteroatoms. The molecule has 1 aromatic carbocycles. The van der Waals surface area contributed by atoms with E-state index in [9.17, 15) is 15.4 Å². The zero-order valence-corrected chi connectivity index (χ0v) is 10.4. The first-order chi connectivity index (χ1) is 8.61. The molecule has 0 aliphatic rings. The Kier molecular flexibility index (Phi) is 6.60. The number of aliphatic hydroxyl groups excluding tert-OH is 2. The monoisotopic (exact) mass is 251 g/mol. The normalized spacial score (nSPS) is 14.4. The van der Waals surface area contributed by atoms with E-state index >= 15 is 0 Å². The summed E-state index contributed by atoms with van der Waals surface area (Å²) in [7, 11) is 0. The standard InChI is InChI=1S/C14H21NO3/c1-2-13(16)8-9-14(17)11-15(18)10-12-6-4-3-5-7-12/h2-7,13-14,16-18H,1,8-11H2. The van der Waals surface area contributed by atoms with Crippen molar-refractivity contribution in [3.8, 4) is 0 Å². The summed E-state index contributed by atoms with van der Waals surface area (Å²) >= 11 is 0. The van der Waals surface area contributed by atoms with Crippen molar-refractivity contribution >= 4 is 0 Å². The van der Waals surface area contributed by atoms with Crippen LogP contribution in [0, 0.1) is 0 Å². The second-order valence-corrected chi connectivity index (χ2v) is 4.37. The topological polar surface area (TPSA) is 63.9 Å². The van der Waals surface area contributed by atoms with Gasteiger partial charge in [0.2, 0.25) is 0 Å². The summed E-state index contributed by atoms with van der Waals surface area (Å²) in [4.78, 5) is 0. The highest BCUT2D eigenvalue weighted by Crippen LogP contribution is 2.07. The van der Waals surface area contributed by atoms with E-state index in [1.807, 2.05) is 30.3 Å². The summed E-state index contributed by atoms with van der Waals surface area (Å²) in [6.07, 6.45) is 1.06. The van der Waals surface area contributed by atoms with Crippen LogP contribution >= 0.6 is 0 Å². The number of nitrogens with zero attached hydrogens (tertiary/aromatic N) is 1. The van der Waals surface area contributed by atoms with Crippen molar-refractivity contribution in [2.75, 3.05) is 6.54 Å². The Morgan fingerprint density at radius 2 is 1.83 bits per heavy atom. The average Bonchev–Trinajstić information content (AvgIpc) is 2.37. The number of hydroxylamine groups is 2. The van der Waals surface area contributed by atoms with E-state index in [1.54, 1.807) is 0 Å². The largest absolute Gasteiger partial charge is 0.392 e. The maximum Gasteiger partial charge on any atom is 0.0719 e. The lowest BCUT2D eigenvalue weighted by Gasteiger charge is -2.19. The van der Waals surface area contributed by atoms with Crippen LogP contribution in [-0.4, -0.2) is 39.2 Å². The molecule has 3 N–H and O–H groups in total. The molecule has 0 aliphatic carbocycles. The number of hydrogen-bond donors (Lipinski definition) is 3. The molecule has 1 rings (SSSR count). The third-order valence-electron chi connectivity index (χ3n) is 2.70. The zero-order chi connectivity index (χ0) is 13.4. The van der Waals surface area contributed by atoms with Gasteiger partial charge in [-0.3, -0.25) is 0 Å². The van der Waals surface area contributed by atoms with Crippen LogP contribution in [0.1, 0.15) is 18.4 Å². The van der Waals surface area contributed by atoms with Crippen molar-refractivity contribution in [3.63, 3.8) is 0 Å². The molecule has 0 bridgehead atoms. The number of rotatable bonds is 8. The number of benzene rings is 1. The lowest BCUT2D eigenvalue weighted by Crippen LogP contribution is -2.29. The van der Waals surface area contributed by atoms with E-state index in [0.717, 1.165) is 10.6 Å². The van der Waals surface area contributed by atoms with E-state index < -0.39 is 12.2 Å². The second-order valence-electron chi connectivity index (χ2n) is 4.37. The Morgan fingerprint density at radius 1 is 1.17 bits per heavy atom. The Labute approximate surface area is 108 Å². The van der Waals surface area contributed by atoms with Gasteiger partial charge in [-0.05, 0) is 18.4 Å². The molecule has 0 aromatic heterocycles. The summed E-state index contributed by atoms with van der Waals surface area (Å²) in [6, 6.07) is 9.55. The lowest BCUT2D eigenvalue weighted by molar-refractivity contribution is -0.122. The van der Waals surface area contributed by atoms with Crippen LogP contribution in [-0.2, 0) is 6.54 Å². The van der Waals surface area contributed by atoms with Gasteiger partial charge in [0.25, 0.3) is 0 Å². The summed E-state index contributed by atoms with van der Waals surface area (Å²) in [6.45, 7) is 4.01. The highest BCUT2D eigenvalue weighted by Gasteiger charge is 2.11. The summed E-state index contributed by atoms with van der Waals surface area (Å²) < 4.78 is 0. The van der Waals surface area contributed by atoms with E-state index in [2.05, 4.69) is 6.58 Å². The second kappa shape index (κ2) is 8.00. The quantitative estimate of drug-likeness (QED) is 0.485. The van der Waals surface area contributed by atoms with E-state index in [0.29, 0.717) is 19.4 Å². The maximum absolute atomic E-state index is 9.69. The van der Waals surface area contributed by atoms with Crippen LogP contribution < -0.4 is 0 Å². The van der Waals surface area contributed by atoms with Gasteiger partial charge in [-0.2, -0.15) is 5.06 Å². The van der Waals surface area contributed by atoms with Gasteiger partial charge in [0.15, 0.2) is 0 Å². The fourth-order valence-corrected chi connectivity index (χ4v) is 1.67. The molecule has 0 heterocycles. The van der Waals surface area contributed by atoms with Crippen molar-refractivity contribution in [2.45, 2.75) is 31.6 Å². The number of aliphatic hydroxyl groups is 2. The first-order valence-electron chi connectivity index (χ1n) is 6.08. The van der Waals surface area contributed by atoms with Crippen molar-refractivity contribution in [1.29, 1.82) is 0 Å². The van der Waals surface area contributed by atoms with Gasteiger partial charge in [0.05, 0.1) is 18.8 Å². The summed E-state index contributed by atoms with van der Waals surface area (Å²) in [5, 5.41) is 29.7. The molecule has 100 valence electrons. The molecular formula is C14H21NO3. The van der Waals surface area contributed by atoms with Crippen LogP contribution in [0.3, 0.4) is 0 Å². The molecule has 0 amide bonds. The van der Waals surface area contributed by atoms with Gasteiger partial charge in [-0.25, -0.2) is 0 Å². The van der Waals surface area contributed by atoms with E-state index in [1.165, 1.54) is 6.08 Å². The van der Waals surface area contributed by atoms with E-state index in [-0.39, 0.29) is 6.54 Å². The Morgan fingerprint density at radius 3 is 2.44 bits per heavy atom. The summed E-state index contributed by atoms with van der Waals surface area (Å²) in [5.74, 6) is 0. The minimum absolute atomic E-state index is 0.165. The minimum Gasteiger partial charge on any atom is -0.392 e. The molecule has 0 fully saturated rings. The molecule has 2 unspecified atom stereocenters. The molecule has 0 radical (unpaired) electrons. The van der Waals surface area contributed by atoms with Crippen LogP contribution in [0.15, 0.2) is 43.0 Å². The summed E-state index contributed by atoms with van der Waals surface area (Å²) in [5.41, 5.74) is 0.985. The molecule has 0 spiro atoms. The molecule has 18 heavy (non-hydrogen) atoms. The SMILES string of the molecule is C=CC(O)CCC(O)CN(O)Cc1ccccc1. The van der Waals surface area contributed by atoms with Crippen molar-refractivity contribution in [2.24, 2.45) is 0 Å². The predicted molar refractivity (Wildman–Crippen MR) is 70.1 cm³/mol. The Bertz CT molecular complexity index is 342.